The number of nitrogens with one attached hydrogen (secondary N) is 1. The molecule has 0 bridgehead atoms. The Kier molecular flexibility index (Phi) is 4.26. The molecule has 8 heteroatoms. The number of hydrogen-bond acceptors (Lipinski definition) is 5. The van der Waals surface area contributed by atoms with E-state index < -0.39 is 26.6 Å². The molecule has 0 radical (unpaired) electrons. The van der Waals surface area contributed by atoms with Crippen LogP contribution < -0.4 is 9.46 Å². The van der Waals surface area contributed by atoms with Crippen molar-refractivity contribution in [2.45, 2.75) is 36.8 Å². The Labute approximate surface area is 145 Å². The van der Waals surface area contributed by atoms with Gasteiger partial charge in [0.2, 0.25) is 10.0 Å². The molecule has 0 unspecified atom stereocenters. The molecule has 1 aliphatic heterocycles. The molecule has 0 spiro atoms. The highest BCUT2D eigenvalue weighted by atomic mass is 32.2. The van der Waals surface area contributed by atoms with E-state index in [0.29, 0.717) is 12.2 Å². The molecule has 2 aromatic carbocycles. The second-order valence-corrected chi connectivity index (χ2v) is 8.24. The van der Waals surface area contributed by atoms with Gasteiger partial charge in [-0.05, 0) is 32.0 Å². The van der Waals surface area contributed by atoms with Gasteiger partial charge in [0, 0.05) is 24.1 Å². The third kappa shape index (κ3) is 3.64. The molecule has 1 N–H and O–H groups in total. The maximum absolute atomic E-state index is 12.7. The topological polar surface area (TPSA) is 98.5 Å². The van der Waals surface area contributed by atoms with Crippen molar-refractivity contribution in [2.24, 2.45) is 0 Å². The normalized spacial score (nSPS) is 18.9. The summed E-state index contributed by atoms with van der Waals surface area (Å²) in [7, 11) is -3.82. The van der Waals surface area contributed by atoms with Crippen LogP contribution in [0.4, 0.5) is 5.69 Å². The quantitative estimate of drug-likeness (QED) is 0.665. The van der Waals surface area contributed by atoms with E-state index >= 15 is 0 Å². The van der Waals surface area contributed by atoms with Crippen LogP contribution in [0.1, 0.15) is 31.9 Å². The third-order valence-electron chi connectivity index (χ3n) is 4.03. The Bertz CT molecular complexity index is 907. The SMILES string of the molecule is CC1(C)C[C@@H](NS(=O)(=O)c2ccc([N+](=O)[O-])cc2)c2ccccc2O1. The molecule has 0 saturated carbocycles. The number of nitro groups is 1. The van der Waals surface area contributed by atoms with E-state index in [9.17, 15) is 18.5 Å². The molecule has 1 heterocycles. The standard InChI is InChI=1S/C17H18N2O5S/c1-17(2)11-15(14-5-3-4-6-16(14)24-17)18-25(22,23)13-9-7-12(8-10-13)19(20)21/h3-10,15,18H,11H2,1-2H3/t15-/m1/s1. The smallest absolute Gasteiger partial charge is 0.269 e. The number of nitrogens with zero attached hydrogens (tertiary/aromatic N) is 1. The fourth-order valence-electron chi connectivity index (χ4n) is 2.91. The van der Waals surface area contributed by atoms with Crippen molar-refractivity contribution in [3.05, 3.63) is 64.2 Å². The molecule has 0 fully saturated rings. The number of rotatable bonds is 4. The lowest BCUT2D eigenvalue weighted by atomic mass is 9.90. The van der Waals surface area contributed by atoms with Crippen LogP contribution in [0, 0.1) is 10.1 Å². The van der Waals surface area contributed by atoms with Crippen LogP contribution in [0.15, 0.2) is 53.4 Å². The van der Waals surface area contributed by atoms with Crippen molar-refractivity contribution >= 4 is 15.7 Å². The lowest BCUT2D eigenvalue weighted by Crippen LogP contribution is -2.41. The van der Waals surface area contributed by atoms with Crippen molar-refractivity contribution in [3.63, 3.8) is 0 Å². The average Bonchev–Trinajstić information content (AvgIpc) is 2.53. The molecular formula is C17H18N2O5S. The predicted molar refractivity (Wildman–Crippen MR) is 91.9 cm³/mol. The first-order valence-electron chi connectivity index (χ1n) is 7.73. The molecule has 7 nitrogen and oxygen atoms in total. The van der Waals surface area contributed by atoms with Gasteiger partial charge in [0.1, 0.15) is 11.4 Å². The van der Waals surface area contributed by atoms with Crippen LogP contribution in [-0.2, 0) is 10.0 Å². The van der Waals surface area contributed by atoms with Crippen LogP contribution in [0.3, 0.4) is 0 Å². The molecule has 1 aliphatic rings. The summed E-state index contributed by atoms with van der Waals surface area (Å²) in [6.45, 7) is 3.80. The Morgan fingerprint density at radius 2 is 1.80 bits per heavy atom. The number of para-hydroxylation sites is 1. The molecule has 3 rings (SSSR count). The van der Waals surface area contributed by atoms with Crippen LogP contribution >= 0.6 is 0 Å². The zero-order valence-electron chi connectivity index (χ0n) is 13.8. The summed E-state index contributed by atoms with van der Waals surface area (Å²) >= 11 is 0. The van der Waals surface area contributed by atoms with Crippen molar-refractivity contribution in [1.82, 2.24) is 4.72 Å². The van der Waals surface area contributed by atoms with Gasteiger partial charge in [0.05, 0.1) is 15.9 Å². The summed E-state index contributed by atoms with van der Waals surface area (Å²) in [6.07, 6.45) is 0.468. The number of benzene rings is 2. The molecule has 0 saturated heterocycles. The Morgan fingerprint density at radius 3 is 2.44 bits per heavy atom. The first-order valence-corrected chi connectivity index (χ1v) is 9.21. The van der Waals surface area contributed by atoms with Gasteiger partial charge >= 0.3 is 0 Å². The largest absolute Gasteiger partial charge is 0.487 e. The molecule has 0 aromatic heterocycles. The van der Waals surface area contributed by atoms with Gasteiger partial charge < -0.3 is 4.74 Å². The number of non-ortho nitro benzene ring substituents is 1. The lowest BCUT2D eigenvalue weighted by molar-refractivity contribution is -0.384. The molecule has 0 aliphatic carbocycles. The fraction of sp³-hybridized carbons (Fsp3) is 0.294. The molecule has 0 amide bonds. The van der Waals surface area contributed by atoms with E-state index in [1.807, 2.05) is 38.1 Å². The van der Waals surface area contributed by atoms with Crippen molar-refractivity contribution in [3.8, 4) is 5.75 Å². The molecule has 2 aromatic rings. The van der Waals surface area contributed by atoms with E-state index in [0.717, 1.165) is 5.56 Å². The first-order chi connectivity index (χ1) is 11.7. The third-order valence-corrected chi connectivity index (χ3v) is 5.52. The maximum atomic E-state index is 12.7. The van der Waals surface area contributed by atoms with Gasteiger partial charge in [-0.25, -0.2) is 13.1 Å². The highest BCUT2D eigenvalue weighted by Gasteiger charge is 2.35. The minimum absolute atomic E-state index is 0.0140. The molecular weight excluding hydrogens is 344 g/mol. The Balaban J connectivity index is 1.91. The monoisotopic (exact) mass is 362 g/mol. The van der Waals surface area contributed by atoms with E-state index in [1.54, 1.807) is 0 Å². The second kappa shape index (κ2) is 6.12. The zero-order chi connectivity index (χ0) is 18.2. The summed E-state index contributed by atoms with van der Waals surface area (Å²) in [5.74, 6) is 0.648. The number of nitro benzene ring substituents is 1. The van der Waals surface area contributed by atoms with Crippen molar-refractivity contribution in [1.29, 1.82) is 0 Å². The Hall–Kier alpha value is -2.45. The van der Waals surface area contributed by atoms with Crippen LogP contribution in [0.2, 0.25) is 0 Å². The van der Waals surface area contributed by atoms with Gasteiger partial charge in [-0.3, -0.25) is 10.1 Å². The van der Waals surface area contributed by atoms with Gasteiger partial charge in [-0.15, -0.1) is 0 Å². The van der Waals surface area contributed by atoms with E-state index in [2.05, 4.69) is 4.72 Å². The predicted octanol–water partition coefficient (Wildman–Crippen LogP) is 3.18. The van der Waals surface area contributed by atoms with Gasteiger partial charge in [-0.2, -0.15) is 0 Å². The molecule has 132 valence electrons. The highest BCUT2D eigenvalue weighted by Crippen LogP contribution is 2.39. The number of ether oxygens (including phenoxy) is 1. The van der Waals surface area contributed by atoms with Gasteiger partial charge in [-0.1, -0.05) is 18.2 Å². The second-order valence-electron chi connectivity index (χ2n) is 6.53. The van der Waals surface area contributed by atoms with Crippen LogP contribution in [0.25, 0.3) is 0 Å². The van der Waals surface area contributed by atoms with Crippen molar-refractivity contribution < 1.29 is 18.1 Å². The van der Waals surface area contributed by atoms with Crippen LogP contribution in [-0.4, -0.2) is 18.9 Å². The lowest BCUT2D eigenvalue weighted by Gasteiger charge is -2.37. The summed E-state index contributed by atoms with van der Waals surface area (Å²) in [6, 6.07) is 11.7. The molecule has 25 heavy (non-hydrogen) atoms. The summed E-state index contributed by atoms with van der Waals surface area (Å²) in [5.41, 5.74) is 0.0978. The van der Waals surface area contributed by atoms with Gasteiger partial charge in [0.15, 0.2) is 0 Å². The zero-order valence-corrected chi connectivity index (χ0v) is 14.6. The minimum Gasteiger partial charge on any atom is -0.487 e. The van der Waals surface area contributed by atoms with Crippen LogP contribution in [0.5, 0.6) is 5.75 Å². The van der Waals surface area contributed by atoms with E-state index in [1.165, 1.54) is 24.3 Å². The van der Waals surface area contributed by atoms with Gasteiger partial charge in [0.25, 0.3) is 5.69 Å². The molecule has 1 atom stereocenters. The Morgan fingerprint density at radius 1 is 1.16 bits per heavy atom. The highest BCUT2D eigenvalue weighted by molar-refractivity contribution is 7.89. The first kappa shape index (κ1) is 17.4. The van der Waals surface area contributed by atoms with E-state index in [-0.39, 0.29) is 10.6 Å². The summed E-state index contributed by atoms with van der Waals surface area (Å²) in [5, 5.41) is 10.7. The number of hydrogen-bond donors (Lipinski definition) is 1. The summed E-state index contributed by atoms with van der Waals surface area (Å²) in [4.78, 5) is 10.1. The number of sulfonamides is 1. The number of fused-ring (bicyclic) bond motifs is 1. The maximum Gasteiger partial charge on any atom is 0.269 e. The minimum atomic E-state index is -3.82. The van der Waals surface area contributed by atoms with Crippen molar-refractivity contribution in [2.75, 3.05) is 0 Å². The summed E-state index contributed by atoms with van der Waals surface area (Å²) < 4.78 is 34.0. The fourth-order valence-corrected chi connectivity index (χ4v) is 4.13. The van der Waals surface area contributed by atoms with E-state index in [4.69, 9.17) is 4.74 Å². The average molecular weight is 362 g/mol.